The van der Waals surface area contributed by atoms with Gasteiger partial charge in [-0.25, -0.2) is 0 Å². The van der Waals surface area contributed by atoms with Crippen LogP contribution in [-0.4, -0.2) is 30.3 Å². The molecule has 19 heavy (non-hydrogen) atoms. The van der Waals surface area contributed by atoms with Gasteiger partial charge in [0.05, 0.1) is 19.3 Å². The van der Waals surface area contributed by atoms with Gasteiger partial charge in [0.1, 0.15) is 5.75 Å². The van der Waals surface area contributed by atoms with Crippen molar-refractivity contribution in [3.63, 3.8) is 0 Å². The molecule has 1 aromatic carbocycles. The van der Waals surface area contributed by atoms with Gasteiger partial charge in [-0.05, 0) is 37.5 Å². The van der Waals surface area contributed by atoms with Gasteiger partial charge in [0.15, 0.2) is 0 Å². The first-order chi connectivity index (χ1) is 9.11. The third-order valence-corrected chi connectivity index (χ3v) is 3.72. The van der Waals surface area contributed by atoms with E-state index in [0.717, 1.165) is 31.2 Å². The van der Waals surface area contributed by atoms with Crippen LogP contribution in [0, 0.1) is 6.92 Å². The minimum absolute atomic E-state index is 0.131. The lowest BCUT2D eigenvalue weighted by Gasteiger charge is -2.28. The standard InChI is InChI=1S/C15H21NO3/c1-10-7-8-11(9-14(10)19-2)15(18)16-12-5-3-4-6-13(12)17/h7-9,12-13,17H,3-6H2,1-2H3,(H,16,18). The number of carbonyl (C=O) groups is 1. The Morgan fingerprint density at radius 3 is 2.79 bits per heavy atom. The summed E-state index contributed by atoms with van der Waals surface area (Å²) >= 11 is 0. The number of aliphatic hydroxyl groups excluding tert-OH is 1. The van der Waals surface area contributed by atoms with E-state index in [9.17, 15) is 9.90 Å². The molecule has 0 bridgehead atoms. The van der Waals surface area contributed by atoms with E-state index < -0.39 is 6.10 Å². The molecule has 104 valence electrons. The molecule has 2 N–H and O–H groups in total. The van der Waals surface area contributed by atoms with Gasteiger partial charge < -0.3 is 15.2 Å². The van der Waals surface area contributed by atoms with Gasteiger partial charge in [0.2, 0.25) is 0 Å². The molecule has 0 aromatic heterocycles. The predicted molar refractivity (Wildman–Crippen MR) is 73.5 cm³/mol. The zero-order chi connectivity index (χ0) is 13.8. The fraction of sp³-hybridized carbons (Fsp3) is 0.533. The van der Waals surface area contributed by atoms with Crippen LogP contribution in [0.3, 0.4) is 0 Å². The second-order valence-electron chi connectivity index (χ2n) is 5.12. The molecule has 0 spiro atoms. The summed E-state index contributed by atoms with van der Waals surface area (Å²) in [6.07, 6.45) is 3.27. The summed E-state index contributed by atoms with van der Waals surface area (Å²) in [6, 6.07) is 5.25. The molecule has 1 aliphatic carbocycles. The van der Waals surface area contributed by atoms with Crippen molar-refractivity contribution < 1.29 is 14.6 Å². The van der Waals surface area contributed by atoms with Gasteiger partial charge >= 0.3 is 0 Å². The molecule has 0 radical (unpaired) electrons. The number of methoxy groups -OCH3 is 1. The van der Waals surface area contributed by atoms with Crippen LogP contribution in [0.1, 0.15) is 41.6 Å². The fourth-order valence-corrected chi connectivity index (χ4v) is 2.49. The Morgan fingerprint density at radius 1 is 1.37 bits per heavy atom. The molecular weight excluding hydrogens is 242 g/mol. The summed E-state index contributed by atoms with van der Waals surface area (Å²) in [6.45, 7) is 1.94. The van der Waals surface area contributed by atoms with Crippen molar-refractivity contribution in [2.75, 3.05) is 7.11 Å². The average molecular weight is 263 g/mol. The number of amides is 1. The van der Waals surface area contributed by atoms with Gasteiger partial charge in [0.25, 0.3) is 5.91 Å². The number of hydrogen-bond acceptors (Lipinski definition) is 3. The largest absolute Gasteiger partial charge is 0.496 e. The van der Waals surface area contributed by atoms with Gasteiger partial charge in [-0.15, -0.1) is 0 Å². The number of aliphatic hydroxyl groups is 1. The molecule has 1 saturated carbocycles. The summed E-state index contributed by atoms with van der Waals surface area (Å²) in [4.78, 5) is 12.2. The van der Waals surface area contributed by atoms with Crippen LogP contribution in [0.4, 0.5) is 0 Å². The Bertz CT molecular complexity index is 459. The lowest BCUT2D eigenvalue weighted by atomic mass is 9.92. The topological polar surface area (TPSA) is 58.6 Å². The van der Waals surface area contributed by atoms with E-state index in [0.29, 0.717) is 11.3 Å². The second kappa shape index (κ2) is 6.06. The van der Waals surface area contributed by atoms with Crippen LogP contribution >= 0.6 is 0 Å². The molecule has 4 nitrogen and oxygen atoms in total. The fourth-order valence-electron chi connectivity index (χ4n) is 2.49. The quantitative estimate of drug-likeness (QED) is 0.877. The van der Waals surface area contributed by atoms with Crippen molar-refractivity contribution in [1.82, 2.24) is 5.32 Å². The van der Waals surface area contributed by atoms with Crippen LogP contribution in [0.2, 0.25) is 0 Å². The molecule has 2 unspecified atom stereocenters. The van der Waals surface area contributed by atoms with E-state index in [4.69, 9.17) is 4.74 Å². The van der Waals surface area contributed by atoms with Gasteiger partial charge in [-0.2, -0.15) is 0 Å². The highest BCUT2D eigenvalue weighted by molar-refractivity contribution is 5.95. The molecule has 1 aromatic rings. The Morgan fingerprint density at radius 2 is 2.11 bits per heavy atom. The molecule has 4 heteroatoms. The molecule has 0 saturated heterocycles. The molecule has 1 fully saturated rings. The van der Waals surface area contributed by atoms with Crippen molar-refractivity contribution in [2.45, 2.75) is 44.8 Å². The number of hydrogen-bond donors (Lipinski definition) is 2. The van der Waals surface area contributed by atoms with Crippen LogP contribution in [-0.2, 0) is 0 Å². The van der Waals surface area contributed by atoms with E-state index in [-0.39, 0.29) is 11.9 Å². The summed E-state index contributed by atoms with van der Waals surface area (Å²) in [5.41, 5.74) is 1.57. The molecule has 2 atom stereocenters. The third kappa shape index (κ3) is 3.26. The highest BCUT2D eigenvalue weighted by Gasteiger charge is 2.24. The second-order valence-corrected chi connectivity index (χ2v) is 5.12. The van der Waals surface area contributed by atoms with Crippen LogP contribution in [0.5, 0.6) is 5.75 Å². The number of aryl methyl sites for hydroxylation is 1. The Kier molecular flexibility index (Phi) is 4.43. The predicted octanol–water partition coefficient (Wildman–Crippen LogP) is 2.04. The maximum Gasteiger partial charge on any atom is 0.251 e. The smallest absolute Gasteiger partial charge is 0.251 e. The number of ether oxygens (including phenoxy) is 1. The third-order valence-electron chi connectivity index (χ3n) is 3.72. The van der Waals surface area contributed by atoms with Crippen molar-refractivity contribution in [3.8, 4) is 5.75 Å². The molecular formula is C15H21NO3. The zero-order valence-electron chi connectivity index (χ0n) is 11.5. The molecule has 0 aliphatic heterocycles. The van der Waals surface area contributed by atoms with E-state index in [1.165, 1.54) is 0 Å². The molecule has 1 aliphatic rings. The van der Waals surface area contributed by atoms with Crippen molar-refractivity contribution >= 4 is 5.91 Å². The number of carbonyl (C=O) groups excluding carboxylic acids is 1. The molecule has 1 amide bonds. The Hall–Kier alpha value is -1.55. The average Bonchev–Trinajstić information content (AvgIpc) is 2.42. The maximum atomic E-state index is 12.2. The zero-order valence-corrected chi connectivity index (χ0v) is 11.5. The minimum atomic E-state index is -0.426. The van der Waals surface area contributed by atoms with Crippen LogP contribution < -0.4 is 10.1 Å². The van der Waals surface area contributed by atoms with Crippen molar-refractivity contribution in [1.29, 1.82) is 0 Å². The SMILES string of the molecule is COc1cc(C(=O)NC2CCCCC2O)ccc1C. The first-order valence-electron chi connectivity index (χ1n) is 6.75. The van der Waals surface area contributed by atoms with E-state index in [1.807, 2.05) is 13.0 Å². The Balaban J connectivity index is 2.07. The monoisotopic (exact) mass is 263 g/mol. The van der Waals surface area contributed by atoms with Gasteiger partial charge in [0, 0.05) is 5.56 Å². The first kappa shape index (κ1) is 13.9. The molecule has 0 heterocycles. The van der Waals surface area contributed by atoms with E-state index in [1.54, 1.807) is 19.2 Å². The summed E-state index contributed by atoms with van der Waals surface area (Å²) in [7, 11) is 1.59. The minimum Gasteiger partial charge on any atom is -0.496 e. The summed E-state index contributed by atoms with van der Waals surface area (Å²) < 4.78 is 5.22. The summed E-state index contributed by atoms with van der Waals surface area (Å²) in [5, 5.41) is 12.8. The van der Waals surface area contributed by atoms with Crippen molar-refractivity contribution in [2.24, 2.45) is 0 Å². The number of nitrogens with one attached hydrogen (secondary N) is 1. The lowest BCUT2D eigenvalue weighted by molar-refractivity contribution is 0.0717. The van der Waals surface area contributed by atoms with Crippen molar-refractivity contribution in [3.05, 3.63) is 29.3 Å². The highest BCUT2D eigenvalue weighted by Crippen LogP contribution is 2.21. The van der Waals surface area contributed by atoms with Crippen LogP contribution in [0.15, 0.2) is 18.2 Å². The Labute approximate surface area is 113 Å². The number of rotatable bonds is 3. The van der Waals surface area contributed by atoms with Gasteiger partial charge in [-0.1, -0.05) is 18.9 Å². The summed E-state index contributed by atoms with van der Waals surface area (Å²) in [5.74, 6) is 0.557. The number of benzene rings is 1. The van der Waals surface area contributed by atoms with E-state index >= 15 is 0 Å². The van der Waals surface area contributed by atoms with Gasteiger partial charge in [-0.3, -0.25) is 4.79 Å². The first-order valence-corrected chi connectivity index (χ1v) is 6.75. The van der Waals surface area contributed by atoms with E-state index in [2.05, 4.69) is 5.32 Å². The lowest BCUT2D eigenvalue weighted by Crippen LogP contribution is -2.45. The van der Waals surface area contributed by atoms with Crippen LogP contribution in [0.25, 0.3) is 0 Å². The normalized spacial score (nSPS) is 22.9. The highest BCUT2D eigenvalue weighted by atomic mass is 16.5. The maximum absolute atomic E-state index is 12.2. The molecule has 2 rings (SSSR count).